The summed E-state index contributed by atoms with van der Waals surface area (Å²) < 4.78 is 5.40. The van der Waals surface area contributed by atoms with E-state index in [1.807, 2.05) is 31.4 Å². The van der Waals surface area contributed by atoms with Crippen LogP contribution in [0.25, 0.3) is 0 Å². The maximum atomic E-state index is 11.8. The van der Waals surface area contributed by atoms with Crippen molar-refractivity contribution in [1.29, 1.82) is 0 Å². The van der Waals surface area contributed by atoms with Crippen molar-refractivity contribution >= 4 is 23.4 Å². The first-order valence-corrected chi connectivity index (χ1v) is 7.29. The van der Waals surface area contributed by atoms with Crippen molar-refractivity contribution in [2.45, 2.75) is 6.92 Å². The summed E-state index contributed by atoms with van der Waals surface area (Å²) in [6.45, 7) is 2.86. The average molecular weight is 268 g/mol. The van der Waals surface area contributed by atoms with Crippen LogP contribution in [0.4, 0.5) is 5.69 Å². The molecule has 3 N–H and O–H groups in total. The van der Waals surface area contributed by atoms with E-state index in [1.54, 1.807) is 17.8 Å². The minimum atomic E-state index is -0.00591. The number of carbonyl (C=O) groups is 1. The molecule has 1 atom stereocenters. The molecule has 100 valence electrons. The Morgan fingerprint density at radius 2 is 2.33 bits per heavy atom. The van der Waals surface area contributed by atoms with E-state index in [-0.39, 0.29) is 11.8 Å². The van der Waals surface area contributed by atoms with Crippen molar-refractivity contribution in [2.24, 2.45) is 11.7 Å². The molecule has 0 radical (unpaired) electrons. The number of nitrogens with two attached hydrogens (primary N) is 1. The highest BCUT2D eigenvalue weighted by atomic mass is 32.2. The monoisotopic (exact) mass is 268 g/mol. The number of benzene rings is 1. The Kier molecular flexibility index (Phi) is 6.60. The topological polar surface area (TPSA) is 64.3 Å². The van der Waals surface area contributed by atoms with E-state index >= 15 is 0 Å². The molecule has 0 aliphatic heterocycles. The second-order valence-electron chi connectivity index (χ2n) is 4.01. The van der Waals surface area contributed by atoms with Crippen LogP contribution in [0.3, 0.4) is 0 Å². The summed E-state index contributed by atoms with van der Waals surface area (Å²) in [4.78, 5) is 11.8. The summed E-state index contributed by atoms with van der Waals surface area (Å²) in [5.74, 6) is 1.56. The molecule has 1 rings (SSSR count). The molecule has 0 aliphatic rings. The van der Waals surface area contributed by atoms with E-state index < -0.39 is 0 Å². The first kappa shape index (κ1) is 14.9. The molecule has 0 saturated heterocycles. The summed E-state index contributed by atoms with van der Waals surface area (Å²) in [6, 6.07) is 7.34. The van der Waals surface area contributed by atoms with E-state index in [1.165, 1.54) is 0 Å². The Labute approximate surface area is 112 Å². The summed E-state index contributed by atoms with van der Waals surface area (Å²) >= 11 is 1.66. The third-order valence-corrected chi connectivity index (χ3v) is 3.19. The maximum absolute atomic E-state index is 11.8. The van der Waals surface area contributed by atoms with Gasteiger partial charge in [-0.2, -0.15) is 11.8 Å². The van der Waals surface area contributed by atoms with Crippen molar-refractivity contribution in [2.75, 3.05) is 30.5 Å². The Balaban J connectivity index is 2.58. The van der Waals surface area contributed by atoms with Crippen LogP contribution in [-0.4, -0.2) is 31.1 Å². The lowest BCUT2D eigenvalue weighted by Gasteiger charge is -2.12. The molecule has 5 heteroatoms. The molecule has 1 aromatic carbocycles. The second kappa shape index (κ2) is 8.00. The number of carbonyl (C=O) groups excluding carboxylic acids is 1. The minimum Gasteiger partial charge on any atom is -0.492 e. The molecule has 0 saturated carbocycles. The van der Waals surface area contributed by atoms with Crippen molar-refractivity contribution in [3.8, 4) is 5.75 Å². The Bertz CT molecular complexity index is 385. The number of ether oxygens (including phenoxy) is 1. The molecule has 1 amide bonds. The van der Waals surface area contributed by atoms with Gasteiger partial charge in [0.25, 0.3) is 0 Å². The van der Waals surface area contributed by atoms with Gasteiger partial charge in [0.1, 0.15) is 12.4 Å². The Hall–Kier alpha value is -1.20. The highest BCUT2D eigenvalue weighted by Crippen LogP contribution is 2.18. The van der Waals surface area contributed by atoms with Gasteiger partial charge in [0, 0.05) is 30.0 Å². The zero-order valence-corrected chi connectivity index (χ0v) is 11.6. The number of hydrogen-bond donors (Lipinski definition) is 2. The summed E-state index contributed by atoms with van der Waals surface area (Å²) in [6.07, 6.45) is 1.99. The van der Waals surface area contributed by atoms with E-state index in [0.29, 0.717) is 13.2 Å². The SMILES string of the molecule is CSCC(C)C(=O)Nc1cccc(OCCN)c1. The van der Waals surface area contributed by atoms with Crippen molar-refractivity contribution in [3.05, 3.63) is 24.3 Å². The molecule has 0 aromatic heterocycles. The molecule has 1 unspecified atom stereocenters. The lowest BCUT2D eigenvalue weighted by Crippen LogP contribution is -2.22. The van der Waals surface area contributed by atoms with Crippen molar-refractivity contribution in [1.82, 2.24) is 0 Å². The van der Waals surface area contributed by atoms with Crippen LogP contribution in [0.2, 0.25) is 0 Å². The molecule has 4 nitrogen and oxygen atoms in total. The predicted octanol–water partition coefficient (Wildman–Crippen LogP) is 1.96. The van der Waals surface area contributed by atoms with E-state index in [0.717, 1.165) is 17.2 Å². The average Bonchev–Trinajstić information content (AvgIpc) is 2.37. The van der Waals surface area contributed by atoms with Crippen LogP contribution in [-0.2, 0) is 4.79 Å². The number of anilines is 1. The third kappa shape index (κ3) is 4.98. The third-order valence-electron chi connectivity index (χ3n) is 2.35. The summed E-state index contributed by atoms with van der Waals surface area (Å²) in [5, 5.41) is 2.88. The van der Waals surface area contributed by atoms with Gasteiger partial charge in [-0.25, -0.2) is 0 Å². The van der Waals surface area contributed by atoms with Gasteiger partial charge in [0.15, 0.2) is 0 Å². The molecule has 1 aromatic rings. The zero-order chi connectivity index (χ0) is 13.4. The number of amides is 1. The smallest absolute Gasteiger partial charge is 0.228 e. The first-order chi connectivity index (χ1) is 8.67. The minimum absolute atomic E-state index is 0.00591. The number of nitrogens with one attached hydrogen (secondary N) is 1. The van der Waals surface area contributed by atoms with Crippen LogP contribution >= 0.6 is 11.8 Å². The Morgan fingerprint density at radius 3 is 3.00 bits per heavy atom. The molecule has 0 heterocycles. The molecule has 0 aliphatic carbocycles. The van der Waals surface area contributed by atoms with Crippen molar-refractivity contribution in [3.63, 3.8) is 0 Å². The standard InChI is InChI=1S/C13H20N2O2S/c1-10(9-18-2)13(16)15-11-4-3-5-12(8-11)17-7-6-14/h3-5,8,10H,6-7,9,14H2,1-2H3,(H,15,16). The number of rotatable bonds is 7. The zero-order valence-electron chi connectivity index (χ0n) is 10.8. The van der Waals surface area contributed by atoms with Crippen molar-refractivity contribution < 1.29 is 9.53 Å². The van der Waals surface area contributed by atoms with E-state index in [9.17, 15) is 4.79 Å². The van der Waals surface area contributed by atoms with Crippen LogP contribution in [0, 0.1) is 5.92 Å². The lowest BCUT2D eigenvalue weighted by atomic mass is 10.2. The van der Waals surface area contributed by atoms with Crippen LogP contribution < -0.4 is 15.8 Å². The van der Waals surface area contributed by atoms with E-state index in [4.69, 9.17) is 10.5 Å². The highest BCUT2D eigenvalue weighted by Gasteiger charge is 2.12. The summed E-state index contributed by atoms with van der Waals surface area (Å²) in [7, 11) is 0. The molecule has 0 fully saturated rings. The quantitative estimate of drug-likeness (QED) is 0.793. The van der Waals surface area contributed by atoms with Crippen LogP contribution in [0.5, 0.6) is 5.75 Å². The van der Waals surface area contributed by atoms with Gasteiger partial charge in [-0.3, -0.25) is 4.79 Å². The van der Waals surface area contributed by atoms with Gasteiger partial charge in [-0.1, -0.05) is 13.0 Å². The fourth-order valence-corrected chi connectivity index (χ4v) is 2.08. The Morgan fingerprint density at radius 1 is 1.56 bits per heavy atom. The fourth-order valence-electron chi connectivity index (χ4n) is 1.43. The number of thioether (sulfide) groups is 1. The van der Waals surface area contributed by atoms with Gasteiger partial charge in [-0.15, -0.1) is 0 Å². The van der Waals surface area contributed by atoms with Crippen LogP contribution in [0.15, 0.2) is 24.3 Å². The predicted molar refractivity (Wildman–Crippen MR) is 77.2 cm³/mol. The van der Waals surface area contributed by atoms with E-state index in [2.05, 4.69) is 5.32 Å². The second-order valence-corrected chi connectivity index (χ2v) is 4.92. The fraction of sp³-hybridized carbons (Fsp3) is 0.462. The molecule has 0 spiro atoms. The van der Waals surface area contributed by atoms with Gasteiger partial charge < -0.3 is 15.8 Å². The van der Waals surface area contributed by atoms with Gasteiger partial charge in [-0.05, 0) is 18.4 Å². The summed E-state index contributed by atoms with van der Waals surface area (Å²) in [5.41, 5.74) is 6.12. The molecule has 0 bridgehead atoms. The van der Waals surface area contributed by atoms with Crippen LogP contribution in [0.1, 0.15) is 6.92 Å². The lowest BCUT2D eigenvalue weighted by molar-refractivity contribution is -0.118. The number of hydrogen-bond acceptors (Lipinski definition) is 4. The van der Waals surface area contributed by atoms with Gasteiger partial charge >= 0.3 is 0 Å². The highest BCUT2D eigenvalue weighted by molar-refractivity contribution is 7.98. The van der Waals surface area contributed by atoms with Gasteiger partial charge in [0.05, 0.1) is 0 Å². The first-order valence-electron chi connectivity index (χ1n) is 5.90. The largest absolute Gasteiger partial charge is 0.492 e. The molecular formula is C13H20N2O2S. The molecular weight excluding hydrogens is 248 g/mol. The molecule has 18 heavy (non-hydrogen) atoms. The van der Waals surface area contributed by atoms with Gasteiger partial charge in [0.2, 0.25) is 5.91 Å². The normalized spacial score (nSPS) is 11.9. The maximum Gasteiger partial charge on any atom is 0.228 e.